The van der Waals surface area contributed by atoms with Crippen LogP contribution in [0.3, 0.4) is 0 Å². The first-order chi connectivity index (χ1) is 12.3. The van der Waals surface area contributed by atoms with Gasteiger partial charge in [0.05, 0.1) is 7.11 Å². The number of methoxy groups -OCH3 is 1. The molecule has 7 heteroatoms. The van der Waals surface area contributed by atoms with Gasteiger partial charge in [0.15, 0.2) is 17.5 Å². The van der Waals surface area contributed by atoms with Gasteiger partial charge in [0.2, 0.25) is 0 Å². The van der Waals surface area contributed by atoms with Gasteiger partial charge >= 0.3 is 0 Å². The SMILES string of the molecule is C#CCOc1cc(CNC(=NC)NCCc2cccs2)ccc1OC.I. The lowest BCUT2D eigenvalue weighted by atomic mass is 10.2. The summed E-state index contributed by atoms with van der Waals surface area (Å²) in [6.07, 6.45) is 6.23. The summed E-state index contributed by atoms with van der Waals surface area (Å²) in [5, 5.41) is 8.69. The first kappa shape index (κ1) is 22.1. The zero-order chi connectivity index (χ0) is 17.9. The van der Waals surface area contributed by atoms with Crippen LogP contribution in [0.15, 0.2) is 40.7 Å². The number of aliphatic imine (C=N–C) groups is 1. The lowest BCUT2D eigenvalue weighted by molar-refractivity contribution is 0.330. The van der Waals surface area contributed by atoms with Gasteiger partial charge in [-0.25, -0.2) is 0 Å². The molecule has 0 saturated heterocycles. The molecule has 0 aliphatic heterocycles. The van der Waals surface area contributed by atoms with Crippen LogP contribution < -0.4 is 20.1 Å². The predicted molar refractivity (Wildman–Crippen MR) is 119 cm³/mol. The van der Waals surface area contributed by atoms with Crippen molar-refractivity contribution in [3.8, 4) is 23.8 Å². The third kappa shape index (κ3) is 7.14. The summed E-state index contributed by atoms with van der Waals surface area (Å²) >= 11 is 1.76. The van der Waals surface area contributed by atoms with Crippen LogP contribution in [0.2, 0.25) is 0 Å². The second-order valence-electron chi connectivity index (χ2n) is 5.16. The molecule has 2 rings (SSSR count). The van der Waals surface area contributed by atoms with Crippen molar-refractivity contribution in [2.24, 2.45) is 4.99 Å². The lowest BCUT2D eigenvalue weighted by Crippen LogP contribution is -2.37. The Balaban J connectivity index is 0.00000338. The van der Waals surface area contributed by atoms with Crippen LogP contribution in [0.4, 0.5) is 0 Å². The normalized spacial score (nSPS) is 10.4. The van der Waals surface area contributed by atoms with Gasteiger partial charge in [-0.2, -0.15) is 0 Å². The Hall–Kier alpha value is -1.92. The fourth-order valence-electron chi connectivity index (χ4n) is 2.23. The third-order valence-corrected chi connectivity index (χ3v) is 4.40. The van der Waals surface area contributed by atoms with E-state index in [4.69, 9.17) is 15.9 Å². The van der Waals surface area contributed by atoms with Gasteiger partial charge in [-0.05, 0) is 35.6 Å². The van der Waals surface area contributed by atoms with Crippen molar-refractivity contribution in [3.63, 3.8) is 0 Å². The summed E-state index contributed by atoms with van der Waals surface area (Å²) in [5.74, 6) is 4.53. The molecule has 0 unspecified atom stereocenters. The maximum absolute atomic E-state index is 5.52. The molecule has 140 valence electrons. The molecule has 1 heterocycles. The van der Waals surface area contributed by atoms with E-state index in [1.54, 1.807) is 25.5 Å². The molecule has 0 saturated carbocycles. The number of thiophene rings is 1. The number of terminal acetylenes is 1. The summed E-state index contributed by atoms with van der Waals surface area (Å²) in [6, 6.07) is 9.97. The van der Waals surface area contributed by atoms with E-state index in [9.17, 15) is 0 Å². The average Bonchev–Trinajstić information content (AvgIpc) is 3.16. The molecule has 0 atom stereocenters. The number of rotatable bonds is 8. The van der Waals surface area contributed by atoms with Crippen molar-refractivity contribution in [3.05, 3.63) is 46.2 Å². The smallest absolute Gasteiger partial charge is 0.191 e. The van der Waals surface area contributed by atoms with E-state index in [1.165, 1.54) is 4.88 Å². The Kier molecular flexibility index (Phi) is 10.6. The number of halogens is 1. The minimum atomic E-state index is 0. The van der Waals surface area contributed by atoms with Crippen LogP contribution in [-0.2, 0) is 13.0 Å². The maximum atomic E-state index is 5.52. The van der Waals surface area contributed by atoms with Crippen molar-refractivity contribution < 1.29 is 9.47 Å². The standard InChI is InChI=1S/C19H23N3O2S.HI/c1-4-11-24-18-13-15(7-8-17(18)23-3)14-22-19(20-2)21-10-9-16-6-5-12-25-16;/h1,5-8,12-13H,9-11,14H2,2-3H3,(H2,20,21,22);1H. The largest absolute Gasteiger partial charge is 0.493 e. The molecule has 0 amide bonds. The zero-order valence-electron chi connectivity index (χ0n) is 15.0. The number of hydrogen-bond donors (Lipinski definition) is 2. The number of nitrogens with zero attached hydrogens (tertiary/aromatic N) is 1. The van der Waals surface area contributed by atoms with Gasteiger partial charge in [-0.3, -0.25) is 4.99 Å². The highest BCUT2D eigenvalue weighted by Crippen LogP contribution is 2.27. The molecular formula is C19H24IN3O2S. The number of guanidine groups is 1. The van der Waals surface area contributed by atoms with Crippen molar-refractivity contribution >= 4 is 41.3 Å². The Morgan fingerprint density at radius 2 is 2.12 bits per heavy atom. The lowest BCUT2D eigenvalue weighted by Gasteiger charge is -2.14. The summed E-state index contributed by atoms with van der Waals surface area (Å²) in [7, 11) is 3.37. The third-order valence-electron chi connectivity index (χ3n) is 3.47. The van der Waals surface area contributed by atoms with E-state index in [1.807, 2.05) is 18.2 Å². The highest BCUT2D eigenvalue weighted by atomic mass is 127. The van der Waals surface area contributed by atoms with Crippen LogP contribution in [-0.4, -0.2) is 33.3 Å². The Morgan fingerprint density at radius 1 is 1.27 bits per heavy atom. The van der Waals surface area contributed by atoms with Gasteiger partial charge in [-0.1, -0.05) is 18.1 Å². The van der Waals surface area contributed by atoms with E-state index >= 15 is 0 Å². The molecule has 0 fully saturated rings. The second-order valence-corrected chi connectivity index (χ2v) is 6.19. The first-order valence-corrected chi connectivity index (χ1v) is 8.85. The van der Waals surface area contributed by atoms with E-state index in [2.05, 4.69) is 39.1 Å². The highest BCUT2D eigenvalue weighted by molar-refractivity contribution is 14.0. The van der Waals surface area contributed by atoms with E-state index in [-0.39, 0.29) is 30.6 Å². The number of ether oxygens (including phenoxy) is 2. The van der Waals surface area contributed by atoms with E-state index in [0.29, 0.717) is 18.0 Å². The minimum absolute atomic E-state index is 0. The summed E-state index contributed by atoms with van der Waals surface area (Å²) in [6.45, 7) is 1.66. The molecule has 0 aliphatic rings. The molecule has 0 spiro atoms. The van der Waals surface area contributed by atoms with Crippen molar-refractivity contribution in [1.29, 1.82) is 0 Å². The Morgan fingerprint density at radius 3 is 2.77 bits per heavy atom. The first-order valence-electron chi connectivity index (χ1n) is 7.97. The average molecular weight is 485 g/mol. The quantitative estimate of drug-likeness (QED) is 0.261. The van der Waals surface area contributed by atoms with Crippen LogP contribution in [0, 0.1) is 12.3 Å². The molecule has 26 heavy (non-hydrogen) atoms. The summed E-state index contributed by atoms with van der Waals surface area (Å²) < 4.78 is 10.8. The van der Waals surface area contributed by atoms with Gasteiger partial charge < -0.3 is 20.1 Å². The van der Waals surface area contributed by atoms with E-state index < -0.39 is 0 Å². The Bertz CT molecular complexity index is 727. The van der Waals surface area contributed by atoms with Crippen molar-refractivity contribution in [2.75, 3.05) is 27.3 Å². The Labute approximate surface area is 176 Å². The second kappa shape index (κ2) is 12.4. The van der Waals surface area contributed by atoms with Crippen LogP contribution in [0.5, 0.6) is 11.5 Å². The molecule has 0 aliphatic carbocycles. The van der Waals surface area contributed by atoms with Gasteiger partial charge in [0, 0.05) is 25.0 Å². The van der Waals surface area contributed by atoms with Crippen LogP contribution in [0.25, 0.3) is 0 Å². The van der Waals surface area contributed by atoms with Gasteiger partial charge in [-0.15, -0.1) is 41.7 Å². The molecule has 0 bridgehead atoms. The molecule has 1 aromatic carbocycles. The molecule has 5 nitrogen and oxygen atoms in total. The van der Waals surface area contributed by atoms with Gasteiger partial charge in [0.1, 0.15) is 6.61 Å². The maximum Gasteiger partial charge on any atom is 0.191 e. The number of nitrogens with one attached hydrogen (secondary N) is 2. The summed E-state index contributed by atoms with van der Waals surface area (Å²) in [5.41, 5.74) is 1.05. The van der Waals surface area contributed by atoms with E-state index in [0.717, 1.165) is 24.5 Å². The molecule has 2 aromatic rings. The van der Waals surface area contributed by atoms with Gasteiger partial charge in [0.25, 0.3) is 0 Å². The van der Waals surface area contributed by atoms with Crippen molar-refractivity contribution in [2.45, 2.75) is 13.0 Å². The number of benzene rings is 1. The monoisotopic (exact) mass is 485 g/mol. The fraction of sp³-hybridized carbons (Fsp3) is 0.316. The molecule has 0 radical (unpaired) electrons. The van der Waals surface area contributed by atoms with Crippen molar-refractivity contribution in [1.82, 2.24) is 10.6 Å². The fourth-order valence-corrected chi connectivity index (χ4v) is 2.94. The topological polar surface area (TPSA) is 54.9 Å². The predicted octanol–water partition coefficient (Wildman–Crippen LogP) is 3.29. The summed E-state index contributed by atoms with van der Waals surface area (Å²) in [4.78, 5) is 5.60. The molecular weight excluding hydrogens is 461 g/mol. The van der Waals surface area contributed by atoms with Crippen LogP contribution >= 0.6 is 35.3 Å². The molecule has 2 N–H and O–H groups in total. The minimum Gasteiger partial charge on any atom is -0.493 e. The zero-order valence-corrected chi connectivity index (χ0v) is 18.1. The highest BCUT2D eigenvalue weighted by Gasteiger charge is 2.06. The number of hydrogen-bond acceptors (Lipinski definition) is 4. The molecule has 1 aromatic heterocycles. The van der Waals surface area contributed by atoms with Crippen LogP contribution in [0.1, 0.15) is 10.4 Å².